The maximum Gasteiger partial charge on any atom is 0.235 e. The van der Waals surface area contributed by atoms with Gasteiger partial charge in [-0.15, -0.1) is 0 Å². The van der Waals surface area contributed by atoms with E-state index in [4.69, 9.17) is 9.72 Å². The molecule has 0 N–H and O–H groups in total. The predicted octanol–water partition coefficient (Wildman–Crippen LogP) is 5.16. The first kappa shape index (κ1) is 18.3. The monoisotopic (exact) mass is 414 g/mol. The van der Waals surface area contributed by atoms with E-state index in [1.807, 2.05) is 4.90 Å². The molecule has 4 nitrogen and oxygen atoms in total. The first-order valence-electron chi connectivity index (χ1n) is 11.1. The second-order valence-corrected chi connectivity index (χ2v) is 10.9. The van der Waals surface area contributed by atoms with E-state index in [2.05, 4.69) is 0 Å². The van der Waals surface area contributed by atoms with Gasteiger partial charge in [-0.1, -0.05) is 11.3 Å². The standard InChI is InChI=1S/C23H27FN2O2S/c24-17-3-4-19-20(9-17)29-22(25-19)26(13-18-2-1-5-28-18)21(27)23-10-14-6-15(11-23)8-16(7-14)12-23/h3-4,9,14-16,18H,1-2,5-8,10-13H2. The first-order chi connectivity index (χ1) is 14.1. The molecular formula is C23H27FN2O2S. The van der Waals surface area contributed by atoms with Crippen LogP contribution in [0.5, 0.6) is 0 Å². The van der Waals surface area contributed by atoms with Gasteiger partial charge in [0.2, 0.25) is 5.91 Å². The lowest BCUT2D eigenvalue weighted by Crippen LogP contribution is -2.55. The molecule has 1 amide bonds. The third-order valence-electron chi connectivity index (χ3n) is 7.72. The molecule has 6 heteroatoms. The Morgan fingerprint density at radius 1 is 1.21 bits per heavy atom. The van der Waals surface area contributed by atoms with Gasteiger partial charge in [0.1, 0.15) is 5.82 Å². The maximum absolute atomic E-state index is 14.1. The van der Waals surface area contributed by atoms with Gasteiger partial charge in [0, 0.05) is 6.61 Å². The third kappa shape index (κ3) is 3.10. The predicted molar refractivity (Wildman–Crippen MR) is 112 cm³/mol. The number of halogens is 1. The smallest absolute Gasteiger partial charge is 0.235 e. The fourth-order valence-electron chi connectivity index (χ4n) is 6.90. The lowest BCUT2D eigenvalue weighted by Gasteiger charge is -2.56. The molecule has 5 aliphatic rings. The molecule has 4 aliphatic carbocycles. The lowest BCUT2D eigenvalue weighted by molar-refractivity contribution is -0.143. The summed E-state index contributed by atoms with van der Waals surface area (Å²) in [4.78, 5) is 20.8. The highest BCUT2D eigenvalue weighted by atomic mass is 32.1. The molecule has 4 bridgehead atoms. The Morgan fingerprint density at radius 3 is 2.59 bits per heavy atom. The zero-order valence-electron chi connectivity index (χ0n) is 16.6. The number of thiazole rings is 1. The number of ether oxygens (including phenoxy) is 1. The number of aromatic nitrogens is 1. The molecule has 5 fully saturated rings. The Labute approximate surface area is 174 Å². The molecule has 2 aromatic rings. The zero-order chi connectivity index (χ0) is 19.6. The van der Waals surface area contributed by atoms with E-state index in [0.717, 1.165) is 66.7 Å². The molecule has 29 heavy (non-hydrogen) atoms. The van der Waals surface area contributed by atoms with Crippen LogP contribution in [0.1, 0.15) is 51.4 Å². The summed E-state index contributed by atoms with van der Waals surface area (Å²) in [7, 11) is 0. The van der Waals surface area contributed by atoms with Crippen LogP contribution in [0.4, 0.5) is 9.52 Å². The molecule has 154 valence electrons. The summed E-state index contributed by atoms with van der Waals surface area (Å²) in [5.41, 5.74) is 0.554. The largest absolute Gasteiger partial charge is 0.376 e. The van der Waals surface area contributed by atoms with E-state index < -0.39 is 0 Å². The highest BCUT2D eigenvalue weighted by Crippen LogP contribution is 2.60. The second-order valence-electron chi connectivity index (χ2n) is 9.86. The molecule has 1 aliphatic heterocycles. The number of hydrogen-bond donors (Lipinski definition) is 0. The van der Waals surface area contributed by atoms with Crippen molar-refractivity contribution >= 4 is 32.6 Å². The number of hydrogen-bond acceptors (Lipinski definition) is 4. The Bertz CT molecular complexity index is 916. The summed E-state index contributed by atoms with van der Waals surface area (Å²) in [6.45, 7) is 1.35. The molecule has 1 saturated heterocycles. The molecule has 0 radical (unpaired) electrons. The summed E-state index contributed by atoms with van der Waals surface area (Å²) in [5.74, 6) is 2.16. The van der Waals surface area contributed by atoms with Crippen molar-refractivity contribution in [1.29, 1.82) is 0 Å². The fourth-order valence-corrected chi connectivity index (χ4v) is 7.90. The van der Waals surface area contributed by atoms with Gasteiger partial charge >= 0.3 is 0 Å². The molecule has 2 heterocycles. The topological polar surface area (TPSA) is 42.4 Å². The van der Waals surface area contributed by atoms with E-state index in [9.17, 15) is 9.18 Å². The third-order valence-corrected chi connectivity index (χ3v) is 8.76. The fraction of sp³-hybridized carbons (Fsp3) is 0.652. The van der Waals surface area contributed by atoms with Crippen LogP contribution in [0.3, 0.4) is 0 Å². The van der Waals surface area contributed by atoms with Crippen LogP contribution < -0.4 is 4.90 Å². The Morgan fingerprint density at radius 2 is 1.93 bits per heavy atom. The molecule has 1 aromatic heterocycles. The van der Waals surface area contributed by atoms with Gasteiger partial charge in [0.05, 0.1) is 28.3 Å². The highest BCUT2D eigenvalue weighted by Gasteiger charge is 2.56. The van der Waals surface area contributed by atoms with Gasteiger partial charge in [0.25, 0.3) is 0 Å². The van der Waals surface area contributed by atoms with Gasteiger partial charge in [-0.2, -0.15) is 0 Å². The minimum absolute atomic E-state index is 0.0802. The second kappa shape index (κ2) is 6.74. The number of fused-ring (bicyclic) bond motifs is 1. The zero-order valence-corrected chi connectivity index (χ0v) is 17.4. The van der Waals surface area contributed by atoms with E-state index in [0.29, 0.717) is 11.7 Å². The number of carbonyl (C=O) groups excluding carboxylic acids is 1. The van der Waals surface area contributed by atoms with Crippen molar-refractivity contribution in [1.82, 2.24) is 4.98 Å². The van der Waals surface area contributed by atoms with Gasteiger partial charge in [-0.3, -0.25) is 9.69 Å². The molecule has 1 atom stereocenters. The minimum Gasteiger partial charge on any atom is -0.376 e. The van der Waals surface area contributed by atoms with Crippen molar-refractivity contribution in [2.24, 2.45) is 23.2 Å². The summed E-state index contributed by atoms with van der Waals surface area (Å²) in [6.07, 6.45) is 9.20. The van der Waals surface area contributed by atoms with Crippen LogP contribution in [0.15, 0.2) is 18.2 Å². The number of amides is 1. The van der Waals surface area contributed by atoms with Gasteiger partial charge in [-0.25, -0.2) is 9.37 Å². The van der Waals surface area contributed by atoms with Gasteiger partial charge in [0.15, 0.2) is 5.13 Å². The van der Waals surface area contributed by atoms with Crippen LogP contribution in [0.25, 0.3) is 10.2 Å². The molecule has 7 rings (SSSR count). The maximum atomic E-state index is 14.1. The van der Waals surface area contributed by atoms with E-state index in [1.54, 1.807) is 6.07 Å². The molecular weight excluding hydrogens is 387 g/mol. The summed E-state index contributed by atoms with van der Waals surface area (Å²) >= 11 is 1.43. The minimum atomic E-state index is -0.259. The normalized spacial score (nSPS) is 35.5. The van der Waals surface area contributed by atoms with Crippen molar-refractivity contribution in [2.45, 2.75) is 57.5 Å². The van der Waals surface area contributed by atoms with Crippen molar-refractivity contribution in [3.05, 3.63) is 24.0 Å². The van der Waals surface area contributed by atoms with Crippen LogP contribution in [-0.4, -0.2) is 30.1 Å². The first-order valence-corrected chi connectivity index (χ1v) is 11.9. The number of carbonyl (C=O) groups is 1. The highest BCUT2D eigenvalue weighted by molar-refractivity contribution is 7.22. The molecule has 1 unspecified atom stereocenters. The average molecular weight is 415 g/mol. The van der Waals surface area contributed by atoms with Crippen molar-refractivity contribution in [3.63, 3.8) is 0 Å². The van der Waals surface area contributed by atoms with Crippen molar-refractivity contribution in [3.8, 4) is 0 Å². The molecule has 1 aromatic carbocycles. The SMILES string of the molecule is O=C(N(CC1CCCO1)c1nc2ccc(F)cc2s1)C12CC3CC(CC(C3)C1)C2. The van der Waals surface area contributed by atoms with E-state index in [-0.39, 0.29) is 23.2 Å². The van der Waals surface area contributed by atoms with Crippen molar-refractivity contribution < 1.29 is 13.9 Å². The van der Waals surface area contributed by atoms with Crippen LogP contribution in [0, 0.1) is 29.0 Å². The number of nitrogens with zero attached hydrogens (tertiary/aromatic N) is 2. The van der Waals surface area contributed by atoms with Crippen molar-refractivity contribution in [2.75, 3.05) is 18.1 Å². The summed E-state index contributed by atoms with van der Waals surface area (Å²) in [6, 6.07) is 4.68. The number of rotatable bonds is 4. The number of benzene rings is 1. The van der Waals surface area contributed by atoms with E-state index in [1.165, 1.54) is 42.7 Å². The summed E-state index contributed by atoms with van der Waals surface area (Å²) in [5, 5.41) is 0.710. The van der Waals surface area contributed by atoms with Crippen LogP contribution >= 0.6 is 11.3 Å². The Hall–Kier alpha value is -1.53. The van der Waals surface area contributed by atoms with E-state index >= 15 is 0 Å². The summed E-state index contributed by atoms with van der Waals surface area (Å²) < 4.78 is 20.4. The molecule has 4 saturated carbocycles. The lowest BCUT2D eigenvalue weighted by atomic mass is 9.49. The van der Waals surface area contributed by atoms with Gasteiger partial charge < -0.3 is 4.74 Å². The quantitative estimate of drug-likeness (QED) is 0.694. The van der Waals surface area contributed by atoms with Gasteiger partial charge in [-0.05, 0) is 87.3 Å². The van der Waals surface area contributed by atoms with Crippen LogP contribution in [0.2, 0.25) is 0 Å². The van der Waals surface area contributed by atoms with Crippen LogP contribution in [-0.2, 0) is 9.53 Å². The average Bonchev–Trinajstić information content (AvgIpc) is 3.33. The Balaban J connectivity index is 1.37. The number of anilines is 1. The molecule has 0 spiro atoms. The Kier molecular flexibility index (Phi) is 4.24.